The normalized spacial score (nSPS) is 11.3. The third-order valence-corrected chi connectivity index (χ3v) is 10.2. The zero-order valence-electron chi connectivity index (χ0n) is 32.9. The molecule has 7 heteroatoms. The summed E-state index contributed by atoms with van der Waals surface area (Å²) in [4.78, 5) is 15.8. The van der Waals surface area contributed by atoms with Crippen LogP contribution in [0, 0.1) is 0 Å². The van der Waals surface area contributed by atoms with Crippen molar-refractivity contribution in [1.82, 2.24) is 24.1 Å². The quantitative estimate of drug-likeness (QED) is 0.0574. The summed E-state index contributed by atoms with van der Waals surface area (Å²) in [5.74, 6) is 3.52. The molecule has 0 unspecified atom stereocenters. The van der Waals surface area contributed by atoms with Crippen molar-refractivity contribution >= 4 is 22.1 Å². The molecule has 0 spiro atoms. The number of aromatic nitrogens is 5. The molecule has 0 fully saturated rings. The van der Waals surface area contributed by atoms with Crippen LogP contribution < -0.4 is 9.47 Å². The van der Waals surface area contributed by atoms with Crippen LogP contribution in [0.4, 0.5) is 0 Å². The second kappa shape index (κ2) is 18.6. The smallest absolute Gasteiger partial charge is 0.159 e. The van der Waals surface area contributed by atoms with Crippen molar-refractivity contribution in [2.24, 2.45) is 0 Å². The van der Waals surface area contributed by atoms with Crippen molar-refractivity contribution < 1.29 is 9.47 Å². The maximum Gasteiger partial charge on any atom is 0.159 e. The molecule has 3 heterocycles. The van der Waals surface area contributed by atoms with Crippen LogP contribution in [0.25, 0.3) is 67.4 Å². The lowest BCUT2D eigenvalue weighted by atomic mass is 10.0. The van der Waals surface area contributed by atoms with Crippen LogP contribution >= 0.6 is 0 Å². The Morgan fingerprint density at radius 1 is 0.518 bits per heavy atom. The average Bonchev–Trinajstić information content (AvgIpc) is 3.80. The Labute approximate surface area is 331 Å². The molecular weight excluding hydrogens is 691 g/mol. The van der Waals surface area contributed by atoms with Gasteiger partial charge in [0.25, 0.3) is 0 Å². The first-order valence-corrected chi connectivity index (χ1v) is 20.3. The summed E-state index contributed by atoms with van der Waals surface area (Å²) in [6, 6.07) is 36.1. The standard InChI is InChI=1S/C49H53N5O2/c1-5-9-13-32-55-40-24-18-36(19-25-40)38-22-28-46-44(34-38)51-48(53(46)30-11-7-3)42-16-15-17-43(50-42)49-52-45-35-39(23-29-47(45)54(49)31-12-8-4)37-20-26-41(27-21-37)56-33-14-10-6-2/h5-6,15-29,34-35H,1-2,7-14,30-33H2,3-4H3. The zero-order chi connectivity index (χ0) is 38.7. The van der Waals surface area contributed by atoms with Gasteiger partial charge in [0.15, 0.2) is 11.6 Å². The predicted molar refractivity (Wildman–Crippen MR) is 232 cm³/mol. The minimum Gasteiger partial charge on any atom is -0.494 e. The Balaban J connectivity index is 1.20. The van der Waals surface area contributed by atoms with Gasteiger partial charge < -0.3 is 18.6 Å². The van der Waals surface area contributed by atoms with E-state index in [-0.39, 0.29) is 0 Å². The lowest BCUT2D eigenvalue weighted by molar-refractivity contribution is 0.312. The largest absolute Gasteiger partial charge is 0.494 e. The van der Waals surface area contributed by atoms with Crippen molar-refractivity contribution in [3.63, 3.8) is 0 Å². The van der Waals surface area contributed by atoms with Crippen molar-refractivity contribution in [3.8, 4) is 56.8 Å². The lowest BCUT2D eigenvalue weighted by Crippen LogP contribution is -2.04. The van der Waals surface area contributed by atoms with E-state index in [2.05, 4.69) is 115 Å². The molecule has 0 saturated carbocycles. The van der Waals surface area contributed by atoms with Gasteiger partial charge in [0, 0.05) is 13.1 Å². The fraction of sp³-hybridized carbons (Fsp3) is 0.286. The van der Waals surface area contributed by atoms with Crippen LogP contribution in [0.1, 0.15) is 65.2 Å². The first-order valence-electron chi connectivity index (χ1n) is 20.3. The van der Waals surface area contributed by atoms with Crippen molar-refractivity contribution in [1.29, 1.82) is 0 Å². The number of hydrogen-bond donors (Lipinski definition) is 0. The minimum absolute atomic E-state index is 0.686. The van der Waals surface area contributed by atoms with Gasteiger partial charge in [-0.2, -0.15) is 0 Å². The van der Waals surface area contributed by atoms with E-state index in [9.17, 15) is 0 Å². The maximum atomic E-state index is 5.92. The Hall–Kier alpha value is -5.95. The molecule has 0 amide bonds. The van der Waals surface area contributed by atoms with Crippen LogP contribution in [0.2, 0.25) is 0 Å². The zero-order valence-corrected chi connectivity index (χ0v) is 32.9. The van der Waals surface area contributed by atoms with Gasteiger partial charge in [0.1, 0.15) is 22.9 Å². The Morgan fingerprint density at radius 3 is 1.36 bits per heavy atom. The van der Waals surface area contributed by atoms with Crippen molar-refractivity contribution in [3.05, 3.63) is 128 Å². The number of ether oxygens (including phenoxy) is 2. The molecule has 0 radical (unpaired) electrons. The van der Waals surface area contributed by atoms with Gasteiger partial charge in [-0.05, 0) is 121 Å². The molecule has 7 aromatic rings. The van der Waals surface area contributed by atoms with E-state index in [0.29, 0.717) is 13.2 Å². The lowest BCUT2D eigenvalue weighted by Gasteiger charge is -2.11. The number of aryl methyl sites for hydroxylation is 2. The minimum atomic E-state index is 0.686. The van der Waals surface area contributed by atoms with Gasteiger partial charge in [-0.3, -0.25) is 0 Å². The van der Waals surface area contributed by atoms with E-state index in [0.717, 1.165) is 143 Å². The molecule has 7 rings (SSSR count). The number of imidazole rings is 2. The van der Waals surface area contributed by atoms with Crippen molar-refractivity contribution in [2.45, 2.75) is 78.3 Å². The van der Waals surface area contributed by atoms with Crippen LogP contribution in [0.5, 0.6) is 11.5 Å². The number of allylic oxidation sites excluding steroid dienone is 2. The molecule has 0 bridgehead atoms. The molecule has 3 aromatic heterocycles. The van der Waals surface area contributed by atoms with E-state index in [1.54, 1.807) is 0 Å². The molecule has 286 valence electrons. The third kappa shape index (κ3) is 8.78. The summed E-state index contributed by atoms with van der Waals surface area (Å²) in [5, 5.41) is 0. The Kier molecular flexibility index (Phi) is 12.7. The Bertz CT molecular complexity index is 2220. The van der Waals surface area contributed by atoms with Crippen LogP contribution in [0.3, 0.4) is 0 Å². The van der Waals surface area contributed by atoms with Crippen LogP contribution in [-0.2, 0) is 13.1 Å². The number of hydrogen-bond acceptors (Lipinski definition) is 5. The van der Waals surface area contributed by atoms with E-state index < -0.39 is 0 Å². The predicted octanol–water partition coefficient (Wildman–Crippen LogP) is 12.7. The topological polar surface area (TPSA) is 67.0 Å². The fourth-order valence-corrected chi connectivity index (χ4v) is 7.10. The highest BCUT2D eigenvalue weighted by Crippen LogP contribution is 2.33. The summed E-state index contributed by atoms with van der Waals surface area (Å²) < 4.78 is 16.5. The van der Waals surface area contributed by atoms with Crippen LogP contribution in [0.15, 0.2) is 128 Å². The summed E-state index contributed by atoms with van der Waals surface area (Å²) in [7, 11) is 0. The van der Waals surface area contributed by atoms with E-state index in [1.165, 1.54) is 0 Å². The van der Waals surface area contributed by atoms with Gasteiger partial charge in [0.05, 0.1) is 35.3 Å². The first-order chi connectivity index (χ1) is 27.6. The van der Waals surface area contributed by atoms with E-state index in [4.69, 9.17) is 24.4 Å². The molecule has 0 N–H and O–H groups in total. The molecular formula is C49H53N5O2. The number of nitrogens with zero attached hydrogens (tertiary/aromatic N) is 5. The van der Waals surface area contributed by atoms with E-state index in [1.807, 2.05) is 36.4 Å². The molecule has 7 nitrogen and oxygen atoms in total. The summed E-state index contributed by atoms with van der Waals surface area (Å²) >= 11 is 0. The molecule has 0 aliphatic carbocycles. The van der Waals surface area contributed by atoms with E-state index >= 15 is 0 Å². The highest BCUT2D eigenvalue weighted by Gasteiger charge is 2.19. The number of fused-ring (bicyclic) bond motifs is 2. The van der Waals surface area contributed by atoms with Gasteiger partial charge in [-0.1, -0.05) is 81.3 Å². The summed E-state index contributed by atoms with van der Waals surface area (Å²) in [5.41, 5.74) is 10.3. The maximum absolute atomic E-state index is 5.92. The first kappa shape index (κ1) is 38.3. The van der Waals surface area contributed by atoms with Crippen LogP contribution in [-0.4, -0.2) is 37.3 Å². The number of unbranched alkanes of at least 4 members (excludes halogenated alkanes) is 4. The SMILES string of the molecule is C=CCCCOc1ccc(-c2ccc3c(c2)nc(-c2cccc(-c4nc5cc(-c6ccc(OCCCC=C)cc6)ccc5n4CCCC)n2)n3CCCC)cc1. The summed E-state index contributed by atoms with van der Waals surface area (Å²) in [6.07, 6.45) is 12.0. The second-order valence-corrected chi connectivity index (χ2v) is 14.3. The van der Waals surface area contributed by atoms with Gasteiger partial charge in [-0.25, -0.2) is 15.0 Å². The number of benzene rings is 4. The average molecular weight is 744 g/mol. The van der Waals surface area contributed by atoms with Gasteiger partial charge in [-0.15, -0.1) is 13.2 Å². The fourth-order valence-electron chi connectivity index (χ4n) is 7.10. The number of rotatable bonds is 20. The number of pyridine rings is 1. The monoisotopic (exact) mass is 743 g/mol. The van der Waals surface area contributed by atoms with Gasteiger partial charge in [0.2, 0.25) is 0 Å². The highest BCUT2D eigenvalue weighted by molar-refractivity contribution is 5.87. The molecule has 0 saturated heterocycles. The third-order valence-electron chi connectivity index (χ3n) is 10.2. The Morgan fingerprint density at radius 2 is 0.946 bits per heavy atom. The molecule has 0 atom stereocenters. The molecule has 0 aliphatic heterocycles. The molecule has 4 aromatic carbocycles. The van der Waals surface area contributed by atoms with Crippen molar-refractivity contribution in [2.75, 3.05) is 13.2 Å². The van der Waals surface area contributed by atoms with Gasteiger partial charge >= 0.3 is 0 Å². The summed E-state index contributed by atoms with van der Waals surface area (Å²) in [6.45, 7) is 15.1. The second-order valence-electron chi connectivity index (χ2n) is 14.3. The highest BCUT2D eigenvalue weighted by atomic mass is 16.5. The molecule has 56 heavy (non-hydrogen) atoms. The molecule has 0 aliphatic rings.